The third-order valence-electron chi connectivity index (χ3n) is 3.69. The summed E-state index contributed by atoms with van der Waals surface area (Å²) in [7, 11) is 2.79. The van der Waals surface area contributed by atoms with E-state index in [4.69, 9.17) is 25.8 Å². The van der Waals surface area contributed by atoms with Gasteiger partial charge in [-0.2, -0.15) is 0 Å². The van der Waals surface area contributed by atoms with Crippen molar-refractivity contribution in [1.82, 2.24) is 0 Å². The molecule has 0 aliphatic carbocycles. The average molecular weight is 409 g/mol. The molecule has 0 bridgehead atoms. The van der Waals surface area contributed by atoms with Crippen molar-refractivity contribution in [2.45, 2.75) is 13.0 Å². The van der Waals surface area contributed by atoms with Crippen LogP contribution in [0.2, 0.25) is 5.02 Å². The number of anilines is 1. The second kappa shape index (κ2) is 9.05. The van der Waals surface area contributed by atoms with E-state index in [0.29, 0.717) is 5.75 Å². The van der Waals surface area contributed by atoms with Crippen LogP contribution in [-0.4, -0.2) is 37.1 Å². The predicted molar refractivity (Wildman–Crippen MR) is 101 cm³/mol. The molecule has 1 amide bonds. The molecule has 9 nitrogen and oxygen atoms in total. The third kappa shape index (κ3) is 4.68. The maximum absolute atomic E-state index is 12.4. The predicted octanol–water partition coefficient (Wildman–Crippen LogP) is 3.45. The molecule has 1 atom stereocenters. The fourth-order valence-electron chi connectivity index (χ4n) is 2.28. The lowest BCUT2D eigenvalue weighted by Gasteiger charge is -2.16. The van der Waals surface area contributed by atoms with Crippen LogP contribution in [0, 0.1) is 10.1 Å². The number of carbonyl (C=O) groups is 2. The molecule has 0 saturated carbocycles. The number of amides is 1. The number of non-ortho nitro benzene ring substituents is 1. The van der Waals surface area contributed by atoms with Crippen LogP contribution in [0.3, 0.4) is 0 Å². The Kier molecular flexibility index (Phi) is 6.78. The van der Waals surface area contributed by atoms with Gasteiger partial charge in [-0.05, 0) is 25.1 Å². The molecule has 2 aromatic carbocycles. The molecule has 0 fully saturated rings. The van der Waals surface area contributed by atoms with Crippen molar-refractivity contribution in [1.29, 1.82) is 0 Å². The van der Waals surface area contributed by atoms with Gasteiger partial charge in [-0.1, -0.05) is 17.7 Å². The zero-order valence-electron chi connectivity index (χ0n) is 15.2. The number of nitro benzene ring substituents is 1. The van der Waals surface area contributed by atoms with Crippen molar-refractivity contribution >= 4 is 34.9 Å². The van der Waals surface area contributed by atoms with Crippen LogP contribution in [0.15, 0.2) is 36.4 Å². The Morgan fingerprint density at radius 1 is 1.18 bits per heavy atom. The van der Waals surface area contributed by atoms with Crippen LogP contribution in [0.25, 0.3) is 0 Å². The minimum absolute atomic E-state index is 0.0303. The number of esters is 1. The molecule has 2 aromatic rings. The van der Waals surface area contributed by atoms with Crippen LogP contribution < -0.4 is 14.8 Å². The quantitative estimate of drug-likeness (QED) is 0.423. The van der Waals surface area contributed by atoms with Gasteiger partial charge in [-0.3, -0.25) is 14.9 Å². The Morgan fingerprint density at radius 2 is 1.89 bits per heavy atom. The Balaban J connectivity index is 2.14. The maximum atomic E-state index is 12.4. The van der Waals surface area contributed by atoms with Gasteiger partial charge in [0.2, 0.25) is 0 Å². The molecule has 28 heavy (non-hydrogen) atoms. The number of hydrogen-bond donors (Lipinski definition) is 1. The molecule has 0 radical (unpaired) electrons. The zero-order chi connectivity index (χ0) is 20.8. The number of nitrogens with zero attached hydrogens (tertiary/aromatic N) is 1. The highest BCUT2D eigenvalue weighted by Crippen LogP contribution is 2.31. The molecule has 0 heterocycles. The molecular formula is C18H17ClN2O7. The lowest BCUT2D eigenvalue weighted by atomic mass is 10.2. The van der Waals surface area contributed by atoms with E-state index in [-0.39, 0.29) is 27.7 Å². The zero-order valence-corrected chi connectivity index (χ0v) is 16.0. The van der Waals surface area contributed by atoms with Gasteiger partial charge in [0.15, 0.2) is 17.6 Å². The Bertz CT molecular complexity index is 917. The summed E-state index contributed by atoms with van der Waals surface area (Å²) in [6.45, 7) is 1.35. The highest BCUT2D eigenvalue weighted by molar-refractivity contribution is 6.33. The number of nitro groups is 1. The van der Waals surface area contributed by atoms with Crippen molar-refractivity contribution in [3.8, 4) is 11.5 Å². The van der Waals surface area contributed by atoms with Crippen molar-refractivity contribution in [3.05, 3.63) is 57.1 Å². The fourth-order valence-corrected chi connectivity index (χ4v) is 2.45. The van der Waals surface area contributed by atoms with Crippen LogP contribution >= 0.6 is 11.6 Å². The highest BCUT2D eigenvalue weighted by Gasteiger charge is 2.24. The van der Waals surface area contributed by atoms with Crippen LogP contribution in [0.1, 0.15) is 17.3 Å². The molecule has 1 N–H and O–H groups in total. The fraction of sp³-hybridized carbons (Fsp3) is 0.222. The SMILES string of the molecule is COc1cccc(C(=O)O[C@H](C)C(=O)Nc2cc([N+](=O)[O-])ccc2Cl)c1OC. The molecule has 2 rings (SSSR count). The summed E-state index contributed by atoms with van der Waals surface area (Å²) >= 11 is 5.95. The van der Waals surface area contributed by atoms with Gasteiger partial charge < -0.3 is 19.5 Å². The maximum Gasteiger partial charge on any atom is 0.342 e. The van der Waals surface area contributed by atoms with Crippen molar-refractivity contribution in [2.24, 2.45) is 0 Å². The highest BCUT2D eigenvalue weighted by atomic mass is 35.5. The number of para-hydroxylation sites is 1. The summed E-state index contributed by atoms with van der Waals surface area (Å²) in [6, 6.07) is 8.25. The topological polar surface area (TPSA) is 117 Å². The van der Waals surface area contributed by atoms with Gasteiger partial charge in [0, 0.05) is 12.1 Å². The average Bonchev–Trinajstić information content (AvgIpc) is 2.68. The van der Waals surface area contributed by atoms with Crippen molar-refractivity contribution < 1.29 is 28.7 Å². The summed E-state index contributed by atoms with van der Waals surface area (Å²) in [5.74, 6) is -1.01. The molecule has 0 unspecified atom stereocenters. The molecule has 0 aromatic heterocycles. The summed E-state index contributed by atoms with van der Waals surface area (Å²) in [6.07, 6.45) is -1.21. The van der Waals surface area contributed by atoms with E-state index in [1.807, 2.05) is 0 Å². The van der Waals surface area contributed by atoms with Gasteiger partial charge in [-0.15, -0.1) is 0 Å². The first-order valence-electron chi connectivity index (χ1n) is 7.95. The summed E-state index contributed by atoms with van der Waals surface area (Å²) < 4.78 is 15.5. The number of hydrogen-bond acceptors (Lipinski definition) is 7. The van der Waals surface area contributed by atoms with E-state index in [9.17, 15) is 19.7 Å². The Labute approximate surface area is 165 Å². The second-order valence-electron chi connectivity index (χ2n) is 5.50. The first-order valence-corrected chi connectivity index (χ1v) is 8.33. The molecular weight excluding hydrogens is 392 g/mol. The minimum atomic E-state index is -1.21. The normalized spacial score (nSPS) is 11.3. The lowest BCUT2D eigenvalue weighted by molar-refractivity contribution is -0.384. The van der Waals surface area contributed by atoms with Gasteiger partial charge in [-0.25, -0.2) is 4.79 Å². The molecule has 148 valence electrons. The molecule has 0 aliphatic rings. The lowest BCUT2D eigenvalue weighted by Crippen LogP contribution is -2.30. The summed E-state index contributed by atoms with van der Waals surface area (Å²) in [5, 5.41) is 13.4. The smallest absolute Gasteiger partial charge is 0.342 e. The van der Waals surface area contributed by atoms with Crippen LogP contribution in [0.4, 0.5) is 11.4 Å². The number of halogens is 1. The molecule has 0 saturated heterocycles. The van der Waals surface area contributed by atoms with Gasteiger partial charge in [0.25, 0.3) is 11.6 Å². The van der Waals surface area contributed by atoms with Crippen molar-refractivity contribution in [2.75, 3.05) is 19.5 Å². The van der Waals surface area contributed by atoms with E-state index in [1.54, 1.807) is 12.1 Å². The largest absolute Gasteiger partial charge is 0.493 e. The number of rotatable bonds is 7. The van der Waals surface area contributed by atoms with E-state index in [1.165, 1.54) is 39.3 Å². The van der Waals surface area contributed by atoms with Crippen LogP contribution in [0.5, 0.6) is 11.5 Å². The first-order chi connectivity index (χ1) is 13.3. The number of nitrogens with one attached hydrogen (secondary N) is 1. The van der Waals surface area contributed by atoms with Gasteiger partial charge >= 0.3 is 5.97 Å². The van der Waals surface area contributed by atoms with Crippen molar-refractivity contribution in [3.63, 3.8) is 0 Å². The van der Waals surface area contributed by atoms with E-state index >= 15 is 0 Å². The minimum Gasteiger partial charge on any atom is -0.493 e. The third-order valence-corrected chi connectivity index (χ3v) is 4.02. The number of ether oxygens (including phenoxy) is 3. The van der Waals surface area contributed by atoms with E-state index in [0.717, 1.165) is 6.07 Å². The standard InChI is InChI=1S/C18H17ClN2O7/c1-10(17(22)20-14-9-11(21(24)25)7-8-13(14)19)28-18(23)12-5-4-6-15(26-2)16(12)27-3/h4-10H,1-3H3,(H,20,22)/t10-/m1/s1. The monoisotopic (exact) mass is 408 g/mol. The second-order valence-corrected chi connectivity index (χ2v) is 5.91. The number of benzene rings is 2. The van der Waals surface area contributed by atoms with E-state index in [2.05, 4.69) is 5.32 Å². The summed E-state index contributed by atoms with van der Waals surface area (Å²) in [4.78, 5) is 35.0. The Morgan fingerprint density at radius 3 is 2.50 bits per heavy atom. The van der Waals surface area contributed by atoms with Gasteiger partial charge in [0.05, 0.1) is 29.9 Å². The Hall–Kier alpha value is -3.33. The first kappa shape index (κ1) is 21.0. The molecule has 0 spiro atoms. The number of carbonyl (C=O) groups excluding carboxylic acids is 2. The van der Waals surface area contributed by atoms with E-state index < -0.39 is 22.9 Å². The van der Waals surface area contributed by atoms with Crippen LogP contribution in [-0.2, 0) is 9.53 Å². The molecule has 0 aliphatic heterocycles. The molecule has 10 heteroatoms. The van der Waals surface area contributed by atoms with Gasteiger partial charge in [0.1, 0.15) is 5.56 Å². The number of methoxy groups -OCH3 is 2. The summed E-state index contributed by atoms with van der Waals surface area (Å²) in [5.41, 5.74) is -0.136.